The first-order valence-electron chi connectivity index (χ1n) is 18.7. The van der Waals surface area contributed by atoms with Crippen LogP contribution in [-0.2, 0) is 39.8 Å². The fourth-order valence-electron chi connectivity index (χ4n) is 7.04. The van der Waals surface area contributed by atoms with Gasteiger partial charge in [0.1, 0.15) is 30.0 Å². The number of nitrogens with one attached hydrogen (secondary N) is 3. The van der Waals surface area contributed by atoms with Crippen molar-refractivity contribution in [2.45, 2.75) is 116 Å². The van der Waals surface area contributed by atoms with Crippen molar-refractivity contribution >= 4 is 23.7 Å². The first-order valence-corrected chi connectivity index (χ1v) is 18.7. The minimum absolute atomic E-state index is 0.0133. The molecule has 2 bridgehead atoms. The number of cyclic esters (lactones) is 1. The molecule has 3 heterocycles. The molecular formula is C40H58N4O9. The van der Waals surface area contributed by atoms with E-state index in [-0.39, 0.29) is 43.1 Å². The number of aromatic hydroxyl groups is 1. The standard InChI is InChI=1S/C40H58N4O9/c1-25(2)34-37(48)41-32(24-28-14-11-15-29(46)23-28)38(49)44-21-12-16-31(43-44)39(50)52-33(26(3)19-22-45)17-10-8-7-9-13-27(4)35-30(36(47)42-34)18-20-40(5,51-6)53-35/h7-11,14-15,19,23,25,27,30-35,43,45-46H,12-13,16-18,20-22,24H2,1-6H3,(H,41,48)(H,42,47)/b9-7+,10-8+,26-19+/t27?,30?,31?,32?,33-,34?,35?,40?/m0/s1. The summed E-state index contributed by atoms with van der Waals surface area (Å²) < 4.78 is 18.1. The molecule has 1 aromatic carbocycles. The summed E-state index contributed by atoms with van der Waals surface area (Å²) in [5.74, 6) is -3.70. The number of hydrogen-bond donors (Lipinski definition) is 5. The van der Waals surface area contributed by atoms with Gasteiger partial charge in [-0.15, -0.1) is 0 Å². The lowest BCUT2D eigenvalue weighted by atomic mass is 9.82. The van der Waals surface area contributed by atoms with E-state index in [4.69, 9.17) is 14.2 Å². The molecular weight excluding hydrogens is 680 g/mol. The Hall–Kier alpha value is -4.04. The molecule has 2 fully saturated rings. The first-order chi connectivity index (χ1) is 25.2. The van der Waals surface area contributed by atoms with E-state index in [2.05, 4.69) is 16.1 Å². The summed E-state index contributed by atoms with van der Waals surface area (Å²) in [6.07, 6.45) is 11.0. The van der Waals surface area contributed by atoms with Crippen molar-refractivity contribution < 1.29 is 43.6 Å². The summed E-state index contributed by atoms with van der Waals surface area (Å²) in [5, 5.41) is 27.0. The number of phenols is 1. The quantitative estimate of drug-likeness (QED) is 0.214. The minimum atomic E-state index is -1.10. The summed E-state index contributed by atoms with van der Waals surface area (Å²) in [5.41, 5.74) is 4.33. The van der Waals surface area contributed by atoms with E-state index in [0.717, 1.165) is 0 Å². The largest absolute Gasteiger partial charge is 0.508 e. The van der Waals surface area contributed by atoms with Gasteiger partial charge in [-0.2, -0.15) is 0 Å². The monoisotopic (exact) mass is 738 g/mol. The Kier molecular flexibility index (Phi) is 15.2. The Bertz CT molecular complexity index is 1530. The second-order valence-electron chi connectivity index (χ2n) is 14.9. The highest BCUT2D eigenvalue weighted by atomic mass is 16.7. The van der Waals surface area contributed by atoms with Crippen LogP contribution in [0.3, 0.4) is 0 Å². The van der Waals surface area contributed by atoms with Crippen molar-refractivity contribution in [3.63, 3.8) is 0 Å². The summed E-state index contributed by atoms with van der Waals surface area (Å²) in [6, 6.07) is 3.54. The maximum atomic E-state index is 14.2. The zero-order valence-corrected chi connectivity index (χ0v) is 31.9. The number of esters is 1. The SMILES string of the molecule is COC1(C)CCC2C(=O)NC(C(C)C)C(=O)NC(Cc3cccc(O)c3)C(=O)N3CCCC(N3)C(=O)O[C@H](/C(C)=C/CO)C/C=C/C=C/CC(C)C2O1. The van der Waals surface area contributed by atoms with Crippen molar-refractivity contribution in [3.8, 4) is 5.75 Å². The van der Waals surface area contributed by atoms with Crippen molar-refractivity contribution in [3.05, 3.63) is 65.8 Å². The first kappa shape index (κ1) is 41.7. The third kappa shape index (κ3) is 11.5. The number of benzene rings is 1. The average molecular weight is 739 g/mol. The van der Waals surface area contributed by atoms with Gasteiger partial charge in [0, 0.05) is 32.9 Å². The minimum Gasteiger partial charge on any atom is -0.508 e. The van der Waals surface area contributed by atoms with Crippen LogP contribution in [0.1, 0.15) is 78.7 Å². The zero-order chi connectivity index (χ0) is 38.7. The predicted octanol–water partition coefficient (Wildman–Crippen LogP) is 3.61. The Morgan fingerprint density at radius 1 is 1.09 bits per heavy atom. The van der Waals surface area contributed by atoms with Crippen LogP contribution in [0.4, 0.5) is 0 Å². The summed E-state index contributed by atoms with van der Waals surface area (Å²) in [6.45, 7) is 9.39. The molecule has 3 aliphatic heterocycles. The molecule has 2 saturated heterocycles. The fraction of sp³-hybridized carbons (Fsp3) is 0.600. The number of nitrogens with zero attached hydrogens (tertiary/aromatic N) is 1. The second kappa shape index (κ2) is 19.3. The van der Waals surface area contributed by atoms with Crippen molar-refractivity contribution in [2.24, 2.45) is 17.8 Å². The molecule has 4 rings (SSSR count). The Morgan fingerprint density at radius 2 is 1.83 bits per heavy atom. The number of ether oxygens (including phenoxy) is 3. The van der Waals surface area contributed by atoms with E-state index in [0.29, 0.717) is 49.7 Å². The van der Waals surface area contributed by atoms with Crippen LogP contribution in [0.2, 0.25) is 0 Å². The molecule has 3 aliphatic rings. The number of carbonyl (C=O) groups excluding carboxylic acids is 4. The lowest BCUT2D eigenvalue weighted by molar-refractivity contribution is -0.276. The van der Waals surface area contributed by atoms with Crippen LogP contribution in [0.5, 0.6) is 5.75 Å². The van der Waals surface area contributed by atoms with E-state index < -0.39 is 59.8 Å². The maximum absolute atomic E-state index is 14.2. The molecule has 0 radical (unpaired) electrons. The van der Waals surface area contributed by atoms with Crippen LogP contribution in [0.25, 0.3) is 0 Å². The second-order valence-corrected chi connectivity index (χ2v) is 14.9. The molecule has 0 aromatic heterocycles. The number of rotatable bonds is 6. The van der Waals surface area contributed by atoms with Gasteiger partial charge in [0.2, 0.25) is 11.8 Å². The highest BCUT2D eigenvalue weighted by Crippen LogP contribution is 2.37. The molecule has 5 N–H and O–H groups in total. The third-order valence-corrected chi connectivity index (χ3v) is 10.4. The molecule has 0 saturated carbocycles. The third-order valence-electron chi connectivity index (χ3n) is 10.4. The number of hydrogen-bond acceptors (Lipinski definition) is 10. The van der Waals surface area contributed by atoms with Crippen LogP contribution in [0, 0.1) is 17.8 Å². The lowest BCUT2D eigenvalue weighted by Gasteiger charge is -2.44. The zero-order valence-electron chi connectivity index (χ0n) is 31.9. The molecule has 0 spiro atoms. The highest BCUT2D eigenvalue weighted by molar-refractivity contribution is 5.93. The average Bonchev–Trinajstić information content (AvgIpc) is 3.13. The number of phenolic OH excluding ortho intramolecular Hbond substituents is 1. The van der Waals surface area contributed by atoms with Crippen LogP contribution >= 0.6 is 0 Å². The Labute approximate surface area is 313 Å². The van der Waals surface area contributed by atoms with Gasteiger partial charge in [0.05, 0.1) is 18.6 Å². The molecule has 53 heavy (non-hydrogen) atoms. The van der Waals surface area contributed by atoms with Crippen LogP contribution < -0.4 is 16.1 Å². The number of carbonyl (C=O) groups is 4. The molecule has 7 unspecified atom stereocenters. The van der Waals surface area contributed by atoms with Crippen LogP contribution in [-0.4, -0.2) is 95.3 Å². The molecule has 292 valence electrons. The van der Waals surface area contributed by atoms with Crippen molar-refractivity contribution in [2.75, 3.05) is 20.3 Å². The van der Waals surface area contributed by atoms with Gasteiger partial charge in [-0.05, 0) is 74.6 Å². The maximum Gasteiger partial charge on any atom is 0.325 e. The lowest BCUT2D eigenvalue weighted by Crippen LogP contribution is -2.62. The fourth-order valence-corrected chi connectivity index (χ4v) is 7.04. The van der Waals surface area contributed by atoms with Crippen LogP contribution in [0.15, 0.2) is 60.2 Å². The van der Waals surface area contributed by atoms with Gasteiger partial charge in [0.25, 0.3) is 5.91 Å². The molecule has 1 aromatic rings. The smallest absolute Gasteiger partial charge is 0.325 e. The molecule has 8 atom stereocenters. The highest BCUT2D eigenvalue weighted by Gasteiger charge is 2.45. The number of allylic oxidation sites excluding steroid dienone is 3. The summed E-state index contributed by atoms with van der Waals surface area (Å²) in [7, 11) is 1.58. The number of hydrazine groups is 1. The number of aliphatic hydroxyl groups is 1. The van der Waals surface area contributed by atoms with E-state index >= 15 is 0 Å². The normalized spacial score (nSPS) is 32.7. The molecule has 3 amide bonds. The Balaban J connectivity index is 1.71. The van der Waals surface area contributed by atoms with E-state index in [1.807, 2.05) is 52.0 Å². The van der Waals surface area contributed by atoms with Gasteiger partial charge in [-0.3, -0.25) is 24.2 Å². The van der Waals surface area contributed by atoms with Gasteiger partial charge in [-0.1, -0.05) is 63.3 Å². The van der Waals surface area contributed by atoms with Gasteiger partial charge < -0.3 is 35.1 Å². The van der Waals surface area contributed by atoms with E-state index in [1.54, 1.807) is 32.2 Å². The van der Waals surface area contributed by atoms with Gasteiger partial charge >= 0.3 is 5.97 Å². The number of aliphatic hydroxyl groups excluding tert-OH is 1. The van der Waals surface area contributed by atoms with E-state index in [1.165, 1.54) is 17.1 Å². The Morgan fingerprint density at radius 3 is 2.51 bits per heavy atom. The topological polar surface area (TPSA) is 176 Å². The predicted molar refractivity (Wildman–Crippen MR) is 199 cm³/mol. The number of fused-ring (bicyclic) bond motifs is 3. The van der Waals surface area contributed by atoms with Crippen molar-refractivity contribution in [1.29, 1.82) is 0 Å². The molecule has 13 heteroatoms. The van der Waals surface area contributed by atoms with Gasteiger partial charge in [0.15, 0.2) is 5.79 Å². The summed E-state index contributed by atoms with van der Waals surface area (Å²) in [4.78, 5) is 55.9. The summed E-state index contributed by atoms with van der Waals surface area (Å²) >= 11 is 0. The molecule has 13 nitrogen and oxygen atoms in total. The number of amides is 3. The van der Waals surface area contributed by atoms with Crippen molar-refractivity contribution in [1.82, 2.24) is 21.1 Å². The van der Waals surface area contributed by atoms with Gasteiger partial charge in [-0.25, -0.2) is 5.43 Å². The molecule has 0 aliphatic carbocycles. The number of methoxy groups -OCH3 is 1. The van der Waals surface area contributed by atoms with E-state index in [9.17, 15) is 29.4 Å².